The molecule has 1 saturated heterocycles. The Kier molecular flexibility index (Phi) is 5.69. The van der Waals surface area contributed by atoms with Crippen LogP contribution in [0.4, 0.5) is 15.0 Å². The van der Waals surface area contributed by atoms with Crippen molar-refractivity contribution < 1.29 is 9.18 Å². The van der Waals surface area contributed by atoms with E-state index in [1.54, 1.807) is 30.7 Å². The largest absolute Gasteiger partial charge is 0.352 e. The van der Waals surface area contributed by atoms with Crippen molar-refractivity contribution in [2.24, 2.45) is 5.92 Å². The summed E-state index contributed by atoms with van der Waals surface area (Å²) < 4.78 is 13.3. The predicted octanol–water partition coefficient (Wildman–Crippen LogP) is 3.38. The third-order valence-corrected chi connectivity index (χ3v) is 5.82. The average molecular weight is 383 g/mol. The molecule has 1 aromatic carbocycles. The molecular weight excluding hydrogens is 357 g/mol. The monoisotopic (exact) mass is 383 g/mol. The molecule has 2 aromatic rings. The molecule has 1 aromatic heterocycles. The molecule has 1 atom stereocenters. The van der Waals surface area contributed by atoms with Crippen molar-refractivity contribution in [2.45, 2.75) is 31.7 Å². The minimum Gasteiger partial charge on any atom is -0.352 e. The standard InChI is InChI=1S/C21H26FN5O/c22-18-7-5-17(6-8-18)20(16-3-1-2-4-16)25-21(28)27-13-11-26(12-14-27)19-15-23-9-10-24-19/h5-10,15-16,20H,1-4,11-14H2,(H,25,28). The van der Waals surface area contributed by atoms with Crippen molar-refractivity contribution in [1.29, 1.82) is 0 Å². The molecule has 148 valence electrons. The normalized spacial score (nSPS) is 18.9. The van der Waals surface area contributed by atoms with Crippen LogP contribution in [-0.2, 0) is 0 Å². The first-order valence-electron chi connectivity index (χ1n) is 10.0. The molecule has 2 aliphatic rings. The van der Waals surface area contributed by atoms with Gasteiger partial charge in [-0.3, -0.25) is 4.98 Å². The van der Waals surface area contributed by atoms with Crippen LogP contribution in [0.1, 0.15) is 37.3 Å². The number of nitrogens with one attached hydrogen (secondary N) is 1. The van der Waals surface area contributed by atoms with E-state index in [1.807, 2.05) is 4.90 Å². The van der Waals surface area contributed by atoms with E-state index in [9.17, 15) is 9.18 Å². The second-order valence-corrected chi connectivity index (χ2v) is 7.56. The number of piperazine rings is 1. The number of carbonyl (C=O) groups excluding carboxylic acids is 1. The Morgan fingerprint density at radius 3 is 2.43 bits per heavy atom. The molecule has 1 aliphatic heterocycles. The van der Waals surface area contributed by atoms with E-state index < -0.39 is 0 Å². The number of benzene rings is 1. The molecule has 1 aliphatic carbocycles. The topological polar surface area (TPSA) is 61.4 Å². The van der Waals surface area contributed by atoms with Crippen LogP contribution in [0, 0.1) is 11.7 Å². The van der Waals surface area contributed by atoms with E-state index in [1.165, 1.54) is 25.0 Å². The number of hydrogen-bond acceptors (Lipinski definition) is 4. The highest BCUT2D eigenvalue weighted by molar-refractivity contribution is 5.75. The zero-order valence-corrected chi connectivity index (χ0v) is 15.9. The fraction of sp³-hybridized carbons (Fsp3) is 0.476. The highest BCUT2D eigenvalue weighted by atomic mass is 19.1. The number of anilines is 1. The number of aromatic nitrogens is 2. The Hall–Kier alpha value is -2.70. The average Bonchev–Trinajstić information content (AvgIpc) is 3.28. The SMILES string of the molecule is O=C(NC(c1ccc(F)cc1)C1CCCC1)N1CCN(c2cnccn2)CC1. The highest BCUT2D eigenvalue weighted by Crippen LogP contribution is 2.36. The van der Waals surface area contributed by atoms with Crippen LogP contribution in [-0.4, -0.2) is 47.1 Å². The van der Waals surface area contributed by atoms with Crippen LogP contribution in [0.15, 0.2) is 42.9 Å². The first kappa shape index (κ1) is 18.7. The van der Waals surface area contributed by atoms with E-state index in [-0.39, 0.29) is 17.9 Å². The van der Waals surface area contributed by atoms with Gasteiger partial charge in [0.25, 0.3) is 0 Å². The molecule has 7 heteroatoms. The predicted molar refractivity (Wildman–Crippen MR) is 105 cm³/mol. The van der Waals surface area contributed by atoms with Crippen LogP contribution >= 0.6 is 0 Å². The van der Waals surface area contributed by atoms with Gasteiger partial charge in [-0.25, -0.2) is 14.2 Å². The van der Waals surface area contributed by atoms with Gasteiger partial charge in [0, 0.05) is 38.6 Å². The van der Waals surface area contributed by atoms with Crippen molar-refractivity contribution in [2.75, 3.05) is 31.1 Å². The van der Waals surface area contributed by atoms with Gasteiger partial charge >= 0.3 is 6.03 Å². The van der Waals surface area contributed by atoms with E-state index in [2.05, 4.69) is 20.2 Å². The van der Waals surface area contributed by atoms with Crippen molar-refractivity contribution in [1.82, 2.24) is 20.2 Å². The molecule has 2 amide bonds. The highest BCUT2D eigenvalue weighted by Gasteiger charge is 2.30. The van der Waals surface area contributed by atoms with Crippen molar-refractivity contribution in [3.05, 3.63) is 54.2 Å². The number of carbonyl (C=O) groups is 1. The maximum Gasteiger partial charge on any atom is 0.318 e. The number of amides is 2. The van der Waals surface area contributed by atoms with Gasteiger partial charge in [0.1, 0.15) is 11.6 Å². The summed E-state index contributed by atoms with van der Waals surface area (Å²) in [5, 5.41) is 3.24. The molecule has 0 spiro atoms. The fourth-order valence-electron chi connectivity index (χ4n) is 4.25. The lowest BCUT2D eigenvalue weighted by Crippen LogP contribution is -2.53. The summed E-state index contributed by atoms with van der Waals surface area (Å²) >= 11 is 0. The van der Waals surface area contributed by atoms with E-state index in [0.717, 1.165) is 37.3 Å². The lowest BCUT2D eigenvalue weighted by molar-refractivity contribution is 0.185. The molecule has 4 rings (SSSR count). The Morgan fingerprint density at radius 1 is 1.07 bits per heavy atom. The van der Waals surface area contributed by atoms with Gasteiger partial charge in [-0.05, 0) is 36.5 Å². The van der Waals surface area contributed by atoms with E-state index in [4.69, 9.17) is 0 Å². The summed E-state index contributed by atoms with van der Waals surface area (Å²) in [7, 11) is 0. The number of urea groups is 1. The van der Waals surface area contributed by atoms with Crippen LogP contribution in [0.2, 0.25) is 0 Å². The third kappa shape index (κ3) is 4.24. The second-order valence-electron chi connectivity index (χ2n) is 7.56. The van der Waals surface area contributed by atoms with Gasteiger partial charge in [0.15, 0.2) is 0 Å². The molecule has 2 heterocycles. The second kappa shape index (κ2) is 8.54. The zero-order chi connectivity index (χ0) is 19.3. The Bertz CT molecular complexity index is 771. The van der Waals surface area contributed by atoms with Gasteiger partial charge in [-0.2, -0.15) is 0 Å². The number of hydrogen-bond donors (Lipinski definition) is 1. The summed E-state index contributed by atoms with van der Waals surface area (Å²) in [5.74, 6) is 1.01. The van der Waals surface area contributed by atoms with Crippen LogP contribution in [0.3, 0.4) is 0 Å². The number of rotatable bonds is 4. The van der Waals surface area contributed by atoms with Crippen LogP contribution in [0.5, 0.6) is 0 Å². The Labute approximate surface area is 164 Å². The number of halogens is 1. The molecule has 0 bridgehead atoms. The third-order valence-electron chi connectivity index (χ3n) is 5.82. The summed E-state index contributed by atoms with van der Waals surface area (Å²) in [6.07, 6.45) is 9.67. The first-order valence-corrected chi connectivity index (χ1v) is 10.0. The fourth-order valence-corrected chi connectivity index (χ4v) is 4.25. The van der Waals surface area contributed by atoms with E-state index >= 15 is 0 Å². The molecular formula is C21H26FN5O. The van der Waals surface area contributed by atoms with Crippen LogP contribution < -0.4 is 10.2 Å². The summed E-state index contributed by atoms with van der Waals surface area (Å²) in [5.41, 5.74) is 0.986. The summed E-state index contributed by atoms with van der Waals surface area (Å²) in [4.78, 5) is 25.4. The van der Waals surface area contributed by atoms with E-state index in [0.29, 0.717) is 19.0 Å². The van der Waals surface area contributed by atoms with Crippen LogP contribution in [0.25, 0.3) is 0 Å². The summed E-state index contributed by atoms with van der Waals surface area (Å²) in [6, 6.07) is 6.44. The molecule has 1 N–H and O–H groups in total. The number of nitrogens with zero attached hydrogens (tertiary/aromatic N) is 4. The first-order chi connectivity index (χ1) is 13.7. The zero-order valence-electron chi connectivity index (χ0n) is 15.9. The molecule has 0 radical (unpaired) electrons. The Balaban J connectivity index is 1.40. The quantitative estimate of drug-likeness (QED) is 0.879. The molecule has 1 saturated carbocycles. The van der Waals surface area contributed by atoms with Gasteiger partial charge in [-0.15, -0.1) is 0 Å². The lowest BCUT2D eigenvalue weighted by Gasteiger charge is -2.36. The molecule has 1 unspecified atom stereocenters. The minimum atomic E-state index is -0.250. The van der Waals surface area contributed by atoms with Gasteiger partial charge in [0.2, 0.25) is 0 Å². The van der Waals surface area contributed by atoms with Crippen molar-refractivity contribution >= 4 is 11.8 Å². The smallest absolute Gasteiger partial charge is 0.318 e. The maximum absolute atomic E-state index is 13.3. The van der Waals surface area contributed by atoms with Crippen molar-refractivity contribution in [3.8, 4) is 0 Å². The molecule has 2 fully saturated rings. The molecule has 6 nitrogen and oxygen atoms in total. The van der Waals surface area contributed by atoms with Gasteiger partial charge in [0.05, 0.1) is 12.2 Å². The van der Waals surface area contributed by atoms with Gasteiger partial charge in [-0.1, -0.05) is 25.0 Å². The maximum atomic E-state index is 13.3. The molecule has 28 heavy (non-hydrogen) atoms. The minimum absolute atomic E-state index is 0.0416. The lowest BCUT2D eigenvalue weighted by atomic mass is 9.91. The summed E-state index contributed by atoms with van der Waals surface area (Å²) in [6.45, 7) is 2.75. The van der Waals surface area contributed by atoms with Crippen molar-refractivity contribution in [3.63, 3.8) is 0 Å². The Morgan fingerprint density at radius 2 is 1.79 bits per heavy atom. The van der Waals surface area contributed by atoms with Gasteiger partial charge < -0.3 is 15.1 Å².